The second kappa shape index (κ2) is 9.82. The summed E-state index contributed by atoms with van der Waals surface area (Å²) in [6.07, 6.45) is 0. The minimum Gasteiger partial charge on any atom is -0.484 e. The number of H-pyrrole nitrogens is 1. The fourth-order valence-electron chi connectivity index (χ4n) is 3.32. The largest absolute Gasteiger partial charge is 0.484 e. The summed E-state index contributed by atoms with van der Waals surface area (Å²) in [5.41, 5.74) is 2.78. The Balaban J connectivity index is 1.47. The van der Waals surface area contributed by atoms with Crippen molar-refractivity contribution in [2.75, 3.05) is 19.8 Å². The number of rotatable bonds is 9. The normalized spacial score (nSPS) is 12.6. The van der Waals surface area contributed by atoms with Crippen molar-refractivity contribution in [3.05, 3.63) is 45.9 Å². The van der Waals surface area contributed by atoms with E-state index in [9.17, 15) is 9.59 Å². The van der Waals surface area contributed by atoms with Crippen LogP contribution in [0.4, 0.5) is 0 Å². The molecule has 0 aliphatic carbocycles. The number of esters is 1. The van der Waals surface area contributed by atoms with Gasteiger partial charge in [-0.1, -0.05) is 36.2 Å². The molecule has 1 unspecified atom stereocenters. The van der Waals surface area contributed by atoms with E-state index in [0.717, 1.165) is 16.8 Å². The molecule has 3 aromatic rings. The summed E-state index contributed by atoms with van der Waals surface area (Å²) in [4.78, 5) is 24.6. The van der Waals surface area contributed by atoms with Gasteiger partial charge in [-0.2, -0.15) is 0 Å². The molecule has 0 saturated heterocycles. The van der Waals surface area contributed by atoms with E-state index in [2.05, 4.69) is 20.6 Å². The highest BCUT2D eigenvalue weighted by molar-refractivity contribution is 6.34. The average Bonchev–Trinajstić information content (AvgIpc) is 3.29. The molecule has 0 fully saturated rings. The van der Waals surface area contributed by atoms with E-state index in [-0.39, 0.29) is 25.7 Å². The summed E-state index contributed by atoms with van der Waals surface area (Å²) >= 11 is 6.22. The number of nitrogens with zero attached hydrogens (tertiary/aromatic N) is 3. The number of hydrogen-bond acceptors (Lipinski definition) is 6. The number of benzene rings is 1. The van der Waals surface area contributed by atoms with Crippen LogP contribution in [0.25, 0.3) is 5.65 Å². The molecule has 10 heteroatoms. The quantitative estimate of drug-likeness (QED) is 0.459. The fourth-order valence-corrected chi connectivity index (χ4v) is 3.48. The highest BCUT2D eigenvalue weighted by Crippen LogP contribution is 2.27. The summed E-state index contributed by atoms with van der Waals surface area (Å²) in [6, 6.07) is 5.75. The number of nitrogens with one attached hydrogen (secondary N) is 2. The standard InChI is InChI=1S/C23H30ClN5O4/c1-13-7-8-17(14(2)9-13)32-11-18(30)25-10-15(3)21(31)33-12-23(5,6)22-27-26-20-19(24)16(4)28-29(20)22/h7-9,15,28H,10-12H2,1-6H3,(H,25,30). The van der Waals surface area contributed by atoms with Crippen LogP contribution in [0.1, 0.15) is 43.4 Å². The molecular weight excluding hydrogens is 446 g/mol. The third-order valence-electron chi connectivity index (χ3n) is 5.35. The molecular formula is C23H30ClN5O4. The van der Waals surface area contributed by atoms with Gasteiger partial charge < -0.3 is 14.8 Å². The zero-order chi connectivity index (χ0) is 24.3. The molecule has 3 rings (SSSR count). The van der Waals surface area contributed by atoms with E-state index >= 15 is 0 Å². The molecule has 1 amide bonds. The summed E-state index contributed by atoms with van der Waals surface area (Å²) in [7, 11) is 0. The van der Waals surface area contributed by atoms with Crippen LogP contribution >= 0.6 is 11.6 Å². The first-order valence-electron chi connectivity index (χ1n) is 10.7. The predicted octanol–water partition coefficient (Wildman–Crippen LogP) is 3.29. The van der Waals surface area contributed by atoms with Crippen molar-refractivity contribution < 1.29 is 19.1 Å². The van der Waals surface area contributed by atoms with Gasteiger partial charge in [0.1, 0.15) is 17.4 Å². The van der Waals surface area contributed by atoms with E-state index in [1.54, 1.807) is 11.4 Å². The number of carbonyl (C=O) groups is 2. The molecule has 178 valence electrons. The van der Waals surface area contributed by atoms with Crippen molar-refractivity contribution in [2.24, 2.45) is 5.92 Å². The van der Waals surface area contributed by atoms with Gasteiger partial charge in [-0.25, -0.2) is 4.52 Å². The van der Waals surface area contributed by atoms with Crippen molar-refractivity contribution in [3.63, 3.8) is 0 Å². The maximum atomic E-state index is 12.5. The fraction of sp³-hybridized carbons (Fsp3) is 0.478. The highest BCUT2D eigenvalue weighted by Gasteiger charge is 2.31. The zero-order valence-corrected chi connectivity index (χ0v) is 20.5. The van der Waals surface area contributed by atoms with E-state index in [1.165, 1.54) is 0 Å². The maximum Gasteiger partial charge on any atom is 0.310 e. The van der Waals surface area contributed by atoms with Gasteiger partial charge in [-0.3, -0.25) is 14.7 Å². The Hall–Kier alpha value is -3.07. The van der Waals surface area contributed by atoms with E-state index in [1.807, 2.05) is 52.8 Å². The maximum absolute atomic E-state index is 12.5. The molecule has 0 bridgehead atoms. The molecule has 0 aliphatic heterocycles. The molecule has 1 atom stereocenters. The van der Waals surface area contributed by atoms with Gasteiger partial charge in [0.05, 0.1) is 17.0 Å². The van der Waals surface area contributed by atoms with Gasteiger partial charge in [0.15, 0.2) is 18.1 Å². The first kappa shape index (κ1) is 24.6. The van der Waals surface area contributed by atoms with Gasteiger partial charge in [-0.05, 0) is 46.2 Å². The number of aryl methyl sites for hydroxylation is 3. The van der Waals surface area contributed by atoms with Crippen LogP contribution in [0.2, 0.25) is 5.02 Å². The van der Waals surface area contributed by atoms with E-state index in [4.69, 9.17) is 21.1 Å². The number of carbonyl (C=O) groups excluding carboxylic acids is 2. The first-order chi connectivity index (χ1) is 15.5. The van der Waals surface area contributed by atoms with E-state index in [0.29, 0.717) is 22.2 Å². The van der Waals surface area contributed by atoms with Gasteiger partial charge in [-0.15, -0.1) is 10.2 Å². The zero-order valence-electron chi connectivity index (χ0n) is 19.8. The van der Waals surface area contributed by atoms with Crippen LogP contribution in [0, 0.1) is 26.7 Å². The number of ether oxygens (including phenoxy) is 2. The van der Waals surface area contributed by atoms with Crippen LogP contribution in [0.5, 0.6) is 5.75 Å². The minimum absolute atomic E-state index is 0.0937. The van der Waals surface area contributed by atoms with Crippen LogP contribution in [-0.4, -0.2) is 51.4 Å². The Labute approximate surface area is 197 Å². The Bertz CT molecular complexity index is 1170. The van der Waals surface area contributed by atoms with Crippen LogP contribution < -0.4 is 10.1 Å². The molecule has 33 heavy (non-hydrogen) atoms. The minimum atomic E-state index is -0.613. The van der Waals surface area contributed by atoms with Crippen LogP contribution in [0.3, 0.4) is 0 Å². The molecule has 0 saturated carbocycles. The number of fused-ring (bicyclic) bond motifs is 1. The molecule has 0 radical (unpaired) electrons. The number of halogens is 1. The second-order valence-electron chi connectivity index (χ2n) is 8.99. The lowest BCUT2D eigenvalue weighted by atomic mass is 9.94. The van der Waals surface area contributed by atoms with Crippen LogP contribution in [-0.2, 0) is 19.7 Å². The average molecular weight is 476 g/mol. The molecule has 2 N–H and O–H groups in total. The van der Waals surface area contributed by atoms with Crippen molar-refractivity contribution in [1.82, 2.24) is 25.1 Å². The lowest BCUT2D eigenvalue weighted by Gasteiger charge is -2.23. The Morgan fingerprint density at radius 3 is 2.67 bits per heavy atom. The Kier molecular flexibility index (Phi) is 7.31. The van der Waals surface area contributed by atoms with Crippen molar-refractivity contribution >= 4 is 29.1 Å². The molecule has 0 aliphatic rings. The second-order valence-corrected chi connectivity index (χ2v) is 9.37. The SMILES string of the molecule is Cc1ccc(OCC(=O)NCC(C)C(=O)OCC(C)(C)c2nnc3c(Cl)c(C)[nH]n23)c(C)c1. The van der Waals surface area contributed by atoms with Gasteiger partial charge in [0, 0.05) is 6.54 Å². The summed E-state index contributed by atoms with van der Waals surface area (Å²) < 4.78 is 12.8. The van der Waals surface area contributed by atoms with Crippen molar-refractivity contribution in [2.45, 2.75) is 47.0 Å². The van der Waals surface area contributed by atoms with E-state index < -0.39 is 17.3 Å². The van der Waals surface area contributed by atoms with Gasteiger partial charge in [0.25, 0.3) is 5.91 Å². The third kappa shape index (κ3) is 5.65. The van der Waals surface area contributed by atoms with Gasteiger partial charge in [0.2, 0.25) is 0 Å². The number of aromatic nitrogens is 4. The number of hydrogen-bond donors (Lipinski definition) is 2. The lowest BCUT2D eigenvalue weighted by Crippen LogP contribution is -2.37. The highest BCUT2D eigenvalue weighted by atomic mass is 35.5. The lowest BCUT2D eigenvalue weighted by molar-refractivity contribution is -0.149. The summed E-state index contributed by atoms with van der Waals surface area (Å²) in [5.74, 6) is 0.0165. The molecule has 2 heterocycles. The van der Waals surface area contributed by atoms with Crippen LogP contribution in [0.15, 0.2) is 18.2 Å². The molecule has 0 spiro atoms. The summed E-state index contributed by atoms with van der Waals surface area (Å²) in [6.45, 7) is 11.4. The molecule has 2 aromatic heterocycles. The predicted molar refractivity (Wildman–Crippen MR) is 125 cm³/mol. The Morgan fingerprint density at radius 2 is 1.97 bits per heavy atom. The third-order valence-corrected chi connectivity index (χ3v) is 5.80. The smallest absolute Gasteiger partial charge is 0.310 e. The first-order valence-corrected chi connectivity index (χ1v) is 11.1. The van der Waals surface area contributed by atoms with Gasteiger partial charge >= 0.3 is 5.97 Å². The Morgan fingerprint density at radius 1 is 1.24 bits per heavy atom. The summed E-state index contributed by atoms with van der Waals surface area (Å²) in [5, 5.41) is 14.7. The topological polar surface area (TPSA) is 111 Å². The van der Waals surface area contributed by atoms with Crippen molar-refractivity contribution in [1.29, 1.82) is 0 Å². The monoisotopic (exact) mass is 475 g/mol. The molecule has 1 aromatic carbocycles. The molecule has 9 nitrogen and oxygen atoms in total. The van der Waals surface area contributed by atoms with Crippen molar-refractivity contribution in [3.8, 4) is 5.75 Å². The number of amides is 1. The number of aromatic amines is 1.